The molecule has 0 aliphatic carbocycles. The van der Waals surface area contributed by atoms with E-state index in [4.69, 9.17) is 5.11 Å². The summed E-state index contributed by atoms with van der Waals surface area (Å²) in [6, 6.07) is -0.132. The molecule has 0 saturated carbocycles. The number of aliphatic carboxylic acids is 1. The Morgan fingerprint density at radius 2 is 2.00 bits per heavy atom. The number of sulfonamides is 1. The predicted molar refractivity (Wildman–Crippen MR) is 72.4 cm³/mol. The van der Waals surface area contributed by atoms with Crippen molar-refractivity contribution in [1.82, 2.24) is 9.29 Å². The number of ether oxygens (including phenoxy) is 1. The fourth-order valence-corrected chi connectivity index (χ4v) is 2.79. The summed E-state index contributed by atoms with van der Waals surface area (Å²) in [6.07, 6.45) is 1.07. The van der Waals surface area contributed by atoms with Gasteiger partial charge in [-0.25, -0.2) is 13.2 Å². The van der Waals surface area contributed by atoms with Crippen molar-refractivity contribution in [3.8, 4) is 0 Å². The van der Waals surface area contributed by atoms with Crippen LogP contribution < -0.4 is 0 Å². The van der Waals surface area contributed by atoms with E-state index in [1.165, 1.54) is 21.0 Å². The fraction of sp³-hybridized carbons (Fsp3) is 0.417. The van der Waals surface area contributed by atoms with Crippen LogP contribution in [-0.2, 0) is 19.6 Å². The molecule has 0 spiro atoms. The van der Waals surface area contributed by atoms with Gasteiger partial charge in [0.05, 0.1) is 18.4 Å². The molecule has 0 aliphatic heterocycles. The summed E-state index contributed by atoms with van der Waals surface area (Å²) in [5.74, 6) is -2.00. The molecule has 0 saturated heterocycles. The lowest BCUT2D eigenvalue weighted by molar-refractivity contribution is -0.140. The number of pyridine rings is 1. The summed E-state index contributed by atoms with van der Waals surface area (Å²) in [5, 5.41) is 8.89. The zero-order valence-corrected chi connectivity index (χ0v) is 12.8. The minimum atomic E-state index is -4.08. The van der Waals surface area contributed by atoms with Crippen LogP contribution in [0.25, 0.3) is 0 Å². The molecule has 1 N–H and O–H groups in total. The molecule has 9 heteroatoms. The van der Waals surface area contributed by atoms with Crippen molar-refractivity contribution in [2.24, 2.45) is 0 Å². The molecule has 0 bridgehead atoms. The molecule has 1 aromatic heterocycles. The summed E-state index contributed by atoms with van der Waals surface area (Å²) in [7, 11) is -1.77. The van der Waals surface area contributed by atoms with Crippen molar-refractivity contribution in [2.75, 3.05) is 14.2 Å². The van der Waals surface area contributed by atoms with Crippen molar-refractivity contribution in [3.05, 3.63) is 23.5 Å². The van der Waals surface area contributed by atoms with Gasteiger partial charge in [-0.2, -0.15) is 4.31 Å². The Hall–Kier alpha value is -2.00. The molecule has 0 aromatic carbocycles. The van der Waals surface area contributed by atoms with Gasteiger partial charge >= 0.3 is 11.9 Å². The lowest BCUT2D eigenvalue weighted by atomic mass is 10.2. The molecular formula is C12H16N2O6S. The lowest BCUT2D eigenvalue weighted by Crippen LogP contribution is -2.40. The first-order chi connectivity index (χ1) is 9.62. The highest BCUT2D eigenvalue weighted by Crippen LogP contribution is 2.19. The van der Waals surface area contributed by atoms with Gasteiger partial charge in [0.15, 0.2) is 0 Å². The monoisotopic (exact) mass is 316 g/mol. The second kappa shape index (κ2) is 6.19. The highest BCUT2D eigenvalue weighted by molar-refractivity contribution is 7.89. The van der Waals surface area contributed by atoms with E-state index in [-0.39, 0.29) is 10.5 Å². The summed E-state index contributed by atoms with van der Waals surface area (Å²) in [4.78, 5) is 26.0. The maximum absolute atomic E-state index is 12.3. The largest absolute Gasteiger partial charge is 0.480 e. The highest BCUT2D eigenvalue weighted by Gasteiger charge is 2.30. The quantitative estimate of drug-likeness (QED) is 0.775. The van der Waals surface area contributed by atoms with Crippen LogP contribution in [0.15, 0.2) is 17.2 Å². The number of likely N-dealkylation sites (N-methyl/N-ethyl adjacent to an activating group) is 1. The summed E-state index contributed by atoms with van der Waals surface area (Å²) in [5.41, 5.74) is 0.324. The van der Waals surface area contributed by atoms with Crippen LogP contribution in [0.2, 0.25) is 0 Å². The topological polar surface area (TPSA) is 114 Å². The van der Waals surface area contributed by atoms with Gasteiger partial charge in [-0.15, -0.1) is 0 Å². The van der Waals surface area contributed by atoms with Crippen LogP contribution in [0.1, 0.15) is 23.0 Å². The van der Waals surface area contributed by atoms with Crippen LogP contribution in [0.3, 0.4) is 0 Å². The molecule has 1 heterocycles. The number of hydrogen-bond acceptors (Lipinski definition) is 6. The van der Waals surface area contributed by atoms with E-state index in [1.807, 2.05) is 0 Å². The number of aromatic nitrogens is 1. The molecule has 116 valence electrons. The third-order valence-electron chi connectivity index (χ3n) is 3.05. The molecule has 0 radical (unpaired) electrons. The summed E-state index contributed by atoms with van der Waals surface area (Å²) < 4.78 is 29.9. The maximum Gasteiger partial charge on any atom is 0.339 e. The molecule has 1 rings (SSSR count). The number of rotatable bonds is 5. The number of nitrogens with zero attached hydrogens (tertiary/aromatic N) is 2. The third kappa shape index (κ3) is 3.37. The Morgan fingerprint density at radius 1 is 1.43 bits per heavy atom. The summed E-state index contributed by atoms with van der Waals surface area (Å²) in [6.45, 7) is 2.77. The Morgan fingerprint density at radius 3 is 2.48 bits per heavy atom. The predicted octanol–water partition coefficient (Wildman–Crippen LogP) is 0.270. The Kier molecular flexibility index (Phi) is 5.02. The molecule has 1 unspecified atom stereocenters. The number of aryl methyl sites for hydroxylation is 1. The van der Waals surface area contributed by atoms with Crippen LogP contribution in [0, 0.1) is 6.92 Å². The average Bonchev–Trinajstić information content (AvgIpc) is 2.44. The van der Waals surface area contributed by atoms with E-state index in [9.17, 15) is 18.0 Å². The van der Waals surface area contributed by atoms with Crippen LogP contribution in [-0.4, -0.2) is 55.0 Å². The van der Waals surface area contributed by atoms with Gasteiger partial charge in [0.2, 0.25) is 10.0 Å². The average molecular weight is 316 g/mol. The second-order valence-electron chi connectivity index (χ2n) is 4.33. The first-order valence-electron chi connectivity index (χ1n) is 5.88. The van der Waals surface area contributed by atoms with E-state index in [1.54, 1.807) is 0 Å². The highest BCUT2D eigenvalue weighted by atomic mass is 32.2. The van der Waals surface area contributed by atoms with Gasteiger partial charge in [0.25, 0.3) is 0 Å². The van der Waals surface area contributed by atoms with E-state index >= 15 is 0 Å². The van der Waals surface area contributed by atoms with Crippen molar-refractivity contribution >= 4 is 22.0 Å². The number of hydrogen-bond donors (Lipinski definition) is 1. The van der Waals surface area contributed by atoms with Crippen molar-refractivity contribution in [3.63, 3.8) is 0 Å². The minimum Gasteiger partial charge on any atom is -0.480 e. The number of carboxylic acids is 1. The number of esters is 1. The summed E-state index contributed by atoms with van der Waals surface area (Å²) >= 11 is 0. The Labute approximate surface area is 122 Å². The van der Waals surface area contributed by atoms with Crippen molar-refractivity contribution in [2.45, 2.75) is 24.8 Å². The van der Waals surface area contributed by atoms with Gasteiger partial charge in [-0.3, -0.25) is 9.78 Å². The number of methoxy groups -OCH3 is 1. The molecule has 1 aromatic rings. The molecule has 21 heavy (non-hydrogen) atoms. The number of carboxylic acid groups (broad SMARTS) is 1. The van der Waals surface area contributed by atoms with Gasteiger partial charge < -0.3 is 9.84 Å². The van der Waals surface area contributed by atoms with Crippen molar-refractivity contribution in [1.29, 1.82) is 0 Å². The molecule has 0 fully saturated rings. The van der Waals surface area contributed by atoms with Gasteiger partial charge in [-0.05, 0) is 19.9 Å². The molecule has 0 aliphatic rings. The standard InChI is InChI=1S/C12H16N2O6S/c1-7-10(12(17)20-4)5-9(6-13-7)21(18,19)14(3)8(2)11(15)16/h5-6,8H,1-4H3,(H,15,16). The zero-order chi connectivity index (χ0) is 16.4. The third-order valence-corrected chi connectivity index (χ3v) is 4.94. The second-order valence-corrected chi connectivity index (χ2v) is 6.33. The first kappa shape index (κ1) is 17.1. The zero-order valence-electron chi connectivity index (χ0n) is 12.0. The number of carbonyl (C=O) groups is 2. The smallest absolute Gasteiger partial charge is 0.339 e. The van der Waals surface area contributed by atoms with E-state index < -0.39 is 28.0 Å². The van der Waals surface area contributed by atoms with Crippen LogP contribution in [0.5, 0.6) is 0 Å². The minimum absolute atomic E-state index is 0.00922. The molecule has 1 atom stereocenters. The SMILES string of the molecule is COC(=O)c1cc(S(=O)(=O)N(C)C(C)C(=O)O)cnc1C. The number of carbonyl (C=O) groups excluding carboxylic acids is 1. The van der Waals surface area contributed by atoms with Crippen molar-refractivity contribution < 1.29 is 27.9 Å². The molecule has 8 nitrogen and oxygen atoms in total. The molecular weight excluding hydrogens is 300 g/mol. The lowest BCUT2D eigenvalue weighted by Gasteiger charge is -2.21. The van der Waals surface area contributed by atoms with E-state index in [0.717, 1.165) is 19.3 Å². The maximum atomic E-state index is 12.3. The molecule has 0 amide bonds. The van der Waals surface area contributed by atoms with Crippen LogP contribution in [0.4, 0.5) is 0 Å². The van der Waals surface area contributed by atoms with Gasteiger partial charge in [0.1, 0.15) is 10.9 Å². The first-order valence-corrected chi connectivity index (χ1v) is 7.32. The van der Waals surface area contributed by atoms with Crippen LogP contribution >= 0.6 is 0 Å². The van der Waals surface area contributed by atoms with E-state index in [2.05, 4.69) is 9.72 Å². The Balaban J connectivity index is 3.33. The normalized spacial score (nSPS) is 13.0. The van der Waals surface area contributed by atoms with E-state index in [0.29, 0.717) is 10.00 Å². The van der Waals surface area contributed by atoms with Gasteiger partial charge in [-0.1, -0.05) is 0 Å². The van der Waals surface area contributed by atoms with Gasteiger partial charge in [0, 0.05) is 13.2 Å². The Bertz CT molecular complexity index is 670. The fourth-order valence-electron chi connectivity index (χ4n) is 1.50.